The molecule has 0 fully saturated rings. The number of hydrogen-bond acceptors (Lipinski definition) is 3. The molecule has 2 aromatic rings. The van der Waals surface area contributed by atoms with Crippen molar-refractivity contribution in [3.05, 3.63) is 51.7 Å². The minimum absolute atomic E-state index is 0.0900. The number of thiophene rings is 1. The Bertz CT molecular complexity index is 679. The van der Waals surface area contributed by atoms with Gasteiger partial charge in [0.2, 0.25) is 0 Å². The van der Waals surface area contributed by atoms with Crippen molar-refractivity contribution >= 4 is 22.9 Å². The van der Waals surface area contributed by atoms with Crippen LogP contribution in [0.15, 0.2) is 35.7 Å². The molecule has 0 spiro atoms. The Balaban J connectivity index is 2.30. The fraction of sp³-hybridized carbons (Fsp3) is 0.188. The first-order valence-corrected chi connectivity index (χ1v) is 7.03. The number of hydrogen-bond donors (Lipinski definition) is 1. The number of benzene rings is 1. The fourth-order valence-corrected chi connectivity index (χ4v) is 2.64. The molecule has 0 unspecified atom stereocenters. The highest BCUT2D eigenvalue weighted by molar-refractivity contribution is 7.12. The van der Waals surface area contributed by atoms with Crippen LogP contribution in [-0.4, -0.2) is 24.7 Å². The van der Waals surface area contributed by atoms with E-state index in [-0.39, 0.29) is 12.5 Å². The van der Waals surface area contributed by atoms with Crippen LogP contribution in [0.1, 0.15) is 20.8 Å². The van der Waals surface area contributed by atoms with Crippen molar-refractivity contribution in [3.63, 3.8) is 0 Å². The maximum absolute atomic E-state index is 12.5. The molecule has 0 aliphatic carbocycles. The summed E-state index contributed by atoms with van der Waals surface area (Å²) in [5.74, 6) is 5.29. The van der Waals surface area contributed by atoms with Crippen molar-refractivity contribution in [2.24, 2.45) is 0 Å². The quantitative estimate of drug-likeness (QED) is 0.862. The first-order chi connectivity index (χ1) is 9.63. The van der Waals surface area contributed by atoms with Crippen molar-refractivity contribution in [3.8, 4) is 11.8 Å². The molecule has 1 aromatic carbocycles. The highest BCUT2D eigenvalue weighted by Gasteiger charge is 2.17. The van der Waals surface area contributed by atoms with Gasteiger partial charge >= 0.3 is 0 Å². The summed E-state index contributed by atoms with van der Waals surface area (Å²) >= 11 is 1.36. The van der Waals surface area contributed by atoms with Crippen LogP contribution in [0.3, 0.4) is 0 Å². The predicted molar refractivity (Wildman–Crippen MR) is 82.2 cm³/mol. The van der Waals surface area contributed by atoms with Crippen LogP contribution < -0.4 is 4.90 Å². The van der Waals surface area contributed by atoms with Crippen LogP contribution >= 0.6 is 11.3 Å². The molecule has 4 heteroatoms. The van der Waals surface area contributed by atoms with Gasteiger partial charge in [0.05, 0.1) is 0 Å². The molecule has 20 heavy (non-hydrogen) atoms. The molecular weight excluding hydrogens is 270 g/mol. The van der Waals surface area contributed by atoms with Crippen LogP contribution in [0, 0.1) is 18.8 Å². The molecule has 0 atom stereocenters. The maximum Gasteiger partial charge on any atom is 0.269 e. The lowest BCUT2D eigenvalue weighted by atomic mass is 10.2. The standard InChI is InChI=1S/C16H15NO2S/c1-12-5-3-7-14(11-12)17(2)16(19)15-13(6-4-9-18)8-10-20-15/h3,5,7-8,10-11,18H,9H2,1-2H3. The molecule has 0 saturated carbocycles. The van der Waals surface area contributed by atoms with Gasteiger partial charge in [-0.15, -0.1) is 11.3 Å². The largest absolute Gasteiger partial charge is 0.384 e. The van der Waals surface area contributed by atoms with Gasteiger partial charge in [0.1, 0.15) is 11.5 Å². The Labute approximate surface area is 122 Å². The summed E-state index contributed by atoms with van der Waals surface area (Å²) in [6.07, 6.45) is 0. The number of aryl methyl sites for hydroxylation is 1. The third kappa shape index (κ3) is 3.08. The summed E-state index contributed by atoms with van der Waals surface area (Å²) in [5.41, 5.74) is 2.62. The van der Waals surface area contributed by atoms with Crippen molar-refractivity contribution in [2.75, 3.05) is 18.6 Å². The zero-order valence-corrected chi connectivity index (χ0v) is 12.2. The fourth-order valence-electron chi connectivity index (χ4n) is 1.81. The van der Waals surface area contributed by atoms with Gasteiger partial charge in [-0.2, -0.15) is 0 Å². The minimum atomic E-state index is -0.211. The van der Waals surface area contributed by atoms with Gasteiger partial charge in [0.15, 0.2) is 0 Å². The van der Waals surface area contributed by atoms with Crippen molar-refractivity contribution in [1.82, 2.24) is 0 Å². The number of rotatable bonds is 2. The topological polar surface area (TPSA) is 40.5 Å². The summed E-state index contributed by atoms with van der Waals surface area (Å²) in [6.45, 7) is 1.78. The molecular formula is C16H15NO2S. The van der Waals surface area contributed by atoms with Gasteiger partial charge < -0.3 is 10.0 Å². The third-order valence-electron chi connectivity index (χ3n) is 2.86. The average molecular weight is 285 g/mol. The van der Waals surface area contributed by atoms with E-state index >= 15 is 0 Å². The molecule has 102 valence electrons. The van der Waals surface area contributed by atoms with Gasteiger partial charge in [0, 0.05) is 18.3 Å². The zero-order valence-electron chi connectivity index (χ0n) is 11.4. The van der Waals surface area contributed by atoms with Gasteiger partial charge in [0.25, 0.3) is 5.91 Å². The number of nitrogens with zero attached hydrogens (tertiary/aromatic N) is 1. The smallest absolute Gasteiger partial charge is 0.269 e. The number of carbonyl (C=O) groups excluding carboxylic acids is 1. The Kier molecular flexibility index (Phi) is 4.57. The van der Waals surface area contributed by atoms with E-state index in [1.165, 1.54) is 11.3 Å². The molecule has 1 N–H and O–H groups in total. The second kappa shape index (κ2) is 6.38. The van der Waals surface area contributed by atoms with E-state index in [2.05, 4.69) is 11.8 Å². The zero-order chi connectivity index (χ0) is 14.5. The van der Waals surface area contributed by atoms with Crippen LogP contribution in [-0.2, 0) is 0 Å². The molecule has 1 heterocycles. The van der Waals surface area contributed by atoms with Crippen LogP contribution in [0.25, 0.3) is 0 Å². The molecule has 2 rings (SSSR count). The lowest BCUT2D eigenvalue weighted by molar-refractivity contribution is 0.0996. The highest BCUT2D eigenvalue weighted by atomic mass is 32.1. The number of amides is 1. The van der Waals surface area contributed by atoms with E-state index < -0.39 is 0 Å². The SMILES string of the molecule is Cc1cccc(N(C)C(=O)c2sccc2C#CCO)c1. The Morgan fingerprint density at radius 3 is 2.90 bits per heavy atom. The number of carbonyl (C=O) groups is 1. The highest BCUT2D eigenvalue weighted by Crippen LogP contribution is 2.22. The van der Waals surface area contributed by atoms with Crippen molar-refractivity contribution in [2.45, 2.75) is 6.92 Å². The lowest BCUT2D eigenvalue weighted by Gasteiger charge is -2.17. The first kappa shape index (κ1) is 14.3. The van der Waals surface area contributed by atoms with E-state index in [0.29, 0.717) is 10.4 Å². The van der Waals surface area contributed by atoms with E-state index in [0.717, 1.165) is 11.3 Å². The molecule has 0 bridgehead atoms. The summed E-state index contributed by atoms with van der Waals surface area (Å²) < 4.78 is 0. The maximum atomic E-state index is 12.5. The average Bonchev–Trinajstić information content (AvgIpc) is 2.91. The van der Waals surface area contributed by atoms with Crippen molar-refractivity contribution in [1.29, 1.82) is 0 Å². The number of anilines is 1. The second-order valence-electron chi connectivity index (χ2n) is 4.33. The molecule has 0 radical (unpaired) electrons. The van der Waals surface area contributed by atoms with Crippen LogP contribution in [0.2, 0.25) is 0 Å². The molecule has 0 aliphatic rings. The molecule has 1 aromatic heterocycles. The van der Waals surface area contributed by atoms with E-state index in [1.54, 1.807) is 18.0 Å². The Morgan fingerprint density at radius 2 is 2.20 bits per heavy atom. The lowest BCUT2D eigenvalue weighted by Crippen LogP contribution is -2.26. The van der Waals surface area contributed by atoms with Gasteiger partial charge in [-0.25, -0.2) is 0 Å². The second-order valence-corrected chi connectivity index (χ2v) is 5.24. The third-order valence-corrected chi connectivity index (χ3v) is 3.76. The molecule has 3 nitrogen and oxygen atoms in total. The molecule has 0 saturated heterocycles. The predicted octanol–water partition coefficient (Wildman–Crippen LogP) is 2.68. The number of aliphatic hydroxyl groups is 1. The first-order valence-electron chi connectivity index (χ1n) is 6.15. The van der Waals surface area contributed by atoms with E-state index in [9.17, 15) is 4.79 Å². The monoisotopic (exact) mass is 285 g/mol. The Morgan fingerprint density at radius 1 is 1.40 bits per heavy atom. The summed E-state index contributed by atoms with van der Waals surface area (Å²) in [5, 5.41) is 10.6. The van der Waals surface area contributed by atoms with Crippen molar-refractivity contribution < 1.29 is 9.90 Å². The molecule has 0 aliphatic heterocycles. The van der Waals surface area contributed by atoms with E-state index in [1.807, 2.05) is 36.6 Å². The normalized spacial score (nSPS) is 9.75. The minimum Gasteiger partial charge on any atom is -0.384 e. The van der Waals surface area contributed by atoms with Crippen LogP contribution in [0.4, 0.5) is 5.69 Å². The van der Waals surface area contributed by atoms with Gasteiger partial charge in [-0.05, 0) is 36.1 Å². The molecule has 1 amide bonds. The summed E-state index contributed by atoms with van der Waals surface area (Å²) in [6, 6.07) is 9.58. The van der Waals surface area contributed by atoms with Gasteiger partial charge in [-0.3, -0.25) is 4.79 Å². The van der Waals surface area contributed by atoms with Crippen LogP contribution in [0.5, 0.6) is 0 Å². The Hall–Kier alpha value is -2.09. The summed E-state index contributed by atoms with van der Waals surface area (Å²) in [7, 11) is 1.75. The van der Waals surface area contributed by atoms with E-state index in [4.69, 9.17) is 5.11 Å². The van der Waals surface area contributed by atoms with Gasteiger partial charge in [-0.1, -0.05) is 24.0 Å². The number of aliphatic hydroxyl groups excluding tert-OH is 1. The summed E-state index contributed by atoms with van der Waals surface area (Å²) in [4.78, 5) is 14.7.